The molecular weight excluding hydrogens is 276 g/mol. The maximum Gasteiger partial charge on any atom is 0.0388 e. The van der Waals surface area contributed by atoms with E-state index in [0.717, 1.165) is 16.6 Å². The number of thiophene rings is 1. The van der Waals surface area contributed by atoms with Crippen molar-refractivity contribution in [3.63, 3.8) is 0 Å². The zero-order chi connectivity index (χ0) is 10.1. The molecule has 0 saturated heterocycles. The summed E-state index contributed by atoms with van der Waals surface area (Å²) >= 11 is 9.87. The Morgan fingerprint density at radius 1 is 1.50 bits per heavy atom. The molecule has 14 heavy (non-hydrogen) atoms. The summed E-state index contributed by atoms with van der Waals surface area (Å²) in [6, 6.07) is 4.37. The van der Waals surface area contributed by atoms with E-state index in [9.17, 15) is 0 Å². The maximum atomic E-state index is 4.54. The first kappa shape index (κ1) is 10.5. The highest BCUT2D eigenvalue weighted by Gasteiger charge is 2.09. The average molecular weight is 287 g/mol. The molecular formula is C11H11BrS2. The SMILES string of the molecule is CCc1c(S)cc(CBr)c2ccsc12. The third-order valence-electron chi connectivity index (χ3n) is 2.40. The molecule has 0 bridgehead atoms. The molecule has 0 unspecified atom stereocenters. The van der Waals surface area contributed by atoms with Crippen LogP contribution < -0.4 is 0 Å². The van der Waals surface area contributed by atoms with Gasteiger partial charge in [-0.15, -0.1) is 24.0 Å². The molecule has 3 heteroatoms. The quantitative estimate of drug-likeness (QED) is 0.603. The van der Waals surface area contributed by atoms with Crippen LogP contribution in [0.4, 0.5) is 0 Å². The van der Waals surface area contributed by atoms with E-state index in [1.54, 1.807) is 0 Å². The van der Waals surface area contributed by atoms with Crippen molar-refractivity contribution in [2.75, 3.05) is 0 Å². The molecule has 0 aliphatic carbocycles. The van der Waals surface area contributed by atoms with Crippen LogP contribution in [0.3, 0.4) is 0 Å². The van der Waals surface area contributed by atoms with Gasteiger partial charge in [0.25, 0.3) is 0 Å². The van der Waals surface area contributed by atoms with Gasteiger partial charge in [0.15, 0.2) is 0 Å². The van der Waals surface area contributed by atoms with Crippen molar-refractivity contribution in [1.82, 2.24) is 0 Å². The normalized spacial score (nSPS) is 11.1. The Balaban J connectivity index is 2.81. The molecule has 2 rings (SSSR count). The van der Waals surface area contributed by atoms with Gasteiger partial charge in [-0.25, -0.2) is 0 Å². The molecule has 0 nitrogen and oxygen atoms in total. The third kappa shape index (κ3) is 1.62. The van der Waals surface area contributed by atoms with Gasteiger partial charge >= 0.3 is 0 Å². The lowest BCUT2D eigenvalue weighted by Gasteiger charge is -2.07. The van der Waals surface area contributed by atoms with E-state index in [1.807, 2.05) is 11.3 Å². The Bertz CT molecular complexity index is 460. The molecule has 1 aromatic carbocycles. The number of rotatable bonds is 2. The zero-order valence-corrected chi connectivity index (χ0v) is 11.2. The van der Waals surface area contributed by atoms with Crippen LogP contribution in [0.2, 0.25) is 0 Å². The van der Waals surface area contributed by atoms with Gasteiger partial charge in [-0.3, -0.25) is 0 Å². The lowest BCUT2D eigenvalue weighted by Crippen LogP contribution is -1.87. The van der Waals surface area contributed by atoms with E-state index in [4.69, 9.17) is 0 Å². The van der Waals surface area contributed by atoms with Crippen LogP contribution in [-0.4, -0.2) is 0 Å². The highest BCUT2D eigenvalue weighted by Crippen LogP contribution is 2.33. The molecule has 0 radical (unpaired) electrons. The van der Waals surface area contributed by atoms with Gasteiger partial charge in [-0.2, -0.15) is 0 Å². The number of aryl methyl sites for hydroxylation is 1. The molecule has 1 heterocycles. The van der Waals surface area contributed by atoms with Gasteiger partial charge in [0, 0.05) is 14.9 Å². The number of hydrogen-bond donors (Lipinski definition) is 1. The Morgan fingerprint density at radius 2 is 2.29 bits per heavy atom. The summed E-state index contributed by atoms with van der Waals surface area (Å²) in [6.07, 6.45) is 1.05. The van der Waals surface area contributed by atoms with E-state index in [0.29, 0.717) is 0 Å². The topological polar surface area (TPSA) is 0 Å². The van der Waals surface area contributed by atoms with Crippen molar-refractivity contribution in [1.29, 1.82) is 0 Å². The van der Waals surface area contributed by atoms with Gasteiger partial charge in [-0.05, 0) is 40.4 Å². The molecule has 0 spiro atoms. The minimum absolute atomic E-state index is 0.901. The second kappa shape index (κ2) is 4.25. The van der Waals surface area contributed by atoms with Crippen LogP contribution in [0.15, 0.2) is 22.4 Å². The highest BCUT2D eigenvalue weighted by molar-refractivity contribution is 9.08. The molecule has 0 aliphatic heterocycles. The monoisotopic (exact) mass is 286 g/mol. The number of thiol groups is 1. The fourth-order valence-corrected chi connectivity index (χ4v) is 3.72. The number of fused-ring (bicyclic) bond motifs is 1. The molecule has 1 aromatic heterocycles. The fraction of sp³-hybridized carbons (Fsp3) is 0.273. The Labute approximate surface area is 102 Å². The molecule has 0 N–H and O–H groups in total. The Kier molecular flexibility index (Phi) is 3.20. The predicted octanol–water partition coefficient (Wildman–Crippen LogP) is 4.65. The summed E-state index contributed by atoms with van der Waals surface area (Å²) in [5, 5.41) is 4.43. The van der Waals surface area contributed by atoms with Crippen molar-refractivity contribution in [2.24, 2.45) is 0 Å². The van der Waals surface area contributed by atoms with E-state index < -0.39 is 0 Å². The van der Waals surface area contributed by atoms with Crippen molar-refractivity contribution in [3.05, 3.63) is 28.6 Å². The van der Waals surface area contributed by atoms with E-state index in [-0.39, 0.29) is 0 Å². The lowest BCUT2D eigenvalue weighted by atomic mass is 10.1. The largest absolute Gasteiger partial charge is 0.143 e. The first-order chi connectivity index (χ1) is 6.77. The van der Waals surface area contributed by atoms with Crippen LogP contribution in [0.1, 0.15) is 18.1 Å². The standard InChI is InChI=1S/C11H11BrS2/c1-2-8-10(13)5-7(6-12)9-3-4-14-11(8)9/h3-5,13H,2,6H2,1H3. The minimum Gasteiger partial charge on any atom is -0.143 e. The smallest absolute Gasteiger partial charge is 0.0388 e. The minimum atomic E-state index is 0.901. The summed E-state index contributed by atoms with van der Waals surface area (Å²) in [4.78, 5) is 1.12. The van der Waals surface area contributed by atoms with Gasteiger partial charge in [-0.1, -0.05) is 22.9 Å². The summed E-state index contributed by atoms with van der Waals surface area (Å²) in [5.41, 5.74) is 2.71. The summed E-state index contributed by atoms with van der Waals surface area (Å²) in [5.74, 6) is 0. The van der Waals surface area contributed by atoms with E-state index >= 15 is 0 Å². The average Bonchev–Trinajstić information content (AvgIpc) is 2.65. The van der Waals surface area contributed by atoms with Crippen LogP contribution in [-0.2, 0) is 11.8 Å². The zero-order valence-electron chi connectivity index (χ0n) is 7.88. The summed E-state index contributed by atoms with van der Waals surface area (Å²) in [6.45, 7) is 2.18. The van der Waals surface area contributed by atoms with Gasteiger partial charge in [0.05, 0.1) is 0 Å². The number of halogens is 1. The maximum absolute atomic E-state index is 4.54. The Morgan fingerprint density at radius 3 is 2.93 bits per heavy atom. The number of hydrogen-bond acceptors (Lipinski definition) is 2. The van der Waals surface area contributed by atoms with Crippen LogP contribution in [0.5, 0.6) is 0 Å². The third-order valence-corrected chi connectivity index (χ3v) is 4.38. The number of benzene rings is 1. The highest BCUT2D eigenvalue weighted by atomic mass is 79.9. The molecule has 0 saturated carbocycles. The second-order valence-corrected chi connectivity index (χ2v) is 5.14. The van der Waals surface area contributed by atoms with Gasteiger partial charge in [0.2, 0.25) is 0 Å². The molecule has 0 atom stereocenters. The Hall–Kier alpha value is 0.01000. The van der Waals surface area contributed by atoms with Gasteiger partial charge in [0.1, 0.15) is 0 Å². The summed E-state index contributed by atoms with van der Waals surface area (Å²) < 4.78 is 1.40. The van der Waals surface area contributed by atoms with Crippen LogP contribution in [0, 0.1) is 0 Å². The molecule has 0 fully saturated rings. The fourth-order valence-electron chi connectivity index (χ4n) is 1.69. The summed E-state index contributed by atoms with van der Waals surface area (Å²) in [7, 11) is 0. The van der Waals surface area contributed by atoms with Crippen LogP contribution in [0.25, 0.3) is 10.1 Å². The molecule has 2 aromatic rings. The van der Waals surface area contributed by atoms with Crippen molar-refractivity contribution in [2.45, 2.75) is 23.6 Å². The molecule has 0 aliphatic rings. The lowest BCUT2D eigenvalue weighted by molar-refractivity contribution is 1.11. The van der Waals surface area contributed by atoms with Crippen molar-refractivity contribution >= 4 is 50.0 Å². The van der Waals surface area contributed by atoms with Crippen molar-refractivity contribution in [3.8, 4) is 0 Å². The van der Waals surface area contributed by atoms with E-state index in [1.165, 1.54) is 21.2 Å². The molecule has 0 amide bonds. The van der Waals surface area contributed by atoms with Crippen LogP contribution >= 0.6 is 39.9 Å². The van der Waals surface area contributed by atoms with Gasteiger partial charge < -0.3 is 0 Å². The second-order valence-electron chi connectivity index (χ2n) is 3.18. The molecule has 74 valence electrons. The number of alkyl halides is 1. The van der Waals surface area contributed by atoms with E-state index in [2.05, 4.69) is 53.0 Å². The van der Waals surface area contributed by atoms with Crippen molar-refractivity contribution < 1.29 is 0 Å². The first-order valence-corrected chi connectivity index (χ1v) is 6.99. The predicted molar refractivity (Wildman–Crippen MR) is 71.1 cm³/mol. The first-order valence-electron chi connectivity index (χ1n) is 4.54.